The van der Waals surface area contributed by atoms with Gasteiger partial charge in [0.2, 0.25) is 6.41 Å². The van der Waals surface area contributed by atoms with Crippen LogP contribution in [0.25, 0.3) is 0 Å². The molecule has 1 fully saturated rings. The molecule has 0 aliphatic carbocycles. The predicted molar refractivity (Wildman–Crippen MR) is 63.1 cm³/mol. The Labute approximate surface area is 95.7 Å². The van der Waals surface area contributed by atoms with Crippen LogP contribution in [0.2, 0.25) is 0 Å². The Kier molecular flexibility index (Phi) is 3.39. The van der Waals surface area contributed by atoms with E-state index in [2.05, 4.69) is 10.3 Å². The van der Waals surface area contributed by atoms with Gasteiger partial charge in [0.25, 0.3) is 0 Å². The maximum absolute atomic E-state index is 11.0. The van der Waals surface area contributed by atoms with Crippen LogP contribution in [0.3, 0.4) is 0 Å². The number of hydrogen-bond acceptors (Lipinski definition) is 3. The van der Waals surface area contributed by atoms with Gasteiger partial charge in [-0.2, -0.15) is 0 Å². The Bertz CT molecular complexity index is 367. The van der Waals surface area contributed by atoms with E-state index in [4.69, 9.17) is 0 Å². The molecule has 2 heterocycles. The minimum absolute atomic E-state index is 0.183. The molecule has 1 aliphatic rings. The number of piperidine rings is 1. The summed E-state index contributed by atoms with van der Waals surface area (Å²) in [6.45, 7) is 0.853. The number of nitrogens with zero attached hydrogens (tertiary/aromatic N) is 2. The van der Waals surface area contributed by atoms with Crippen molar-refractivity contribution >= 4 is 12.2 Å². The van der Waals surface area contributed by atoms with Crippen molar-refractivity contribution in [2.45, 2.75) is 25.3 Å². The predicted octanol–water partition coefficient (Wildman–Crippen LogP) is 1.81. The van der Waals surface area contributed by atoms with Crippen LogP contribution >= 0.6 is 0 Å². The van der Waals surface area contributed by atoms with Crippen LogP contribution in [0.15, 0.2) is 18.3 Å². The van der Waals surface area contributed by atoms with Gasteiger partial charge in [0.15, 0.2) is 0 Å². The first kappa shape index (κ1) is 10.9. The lowest BCUT2D eigenvalue weighted by molar-refractivity contribution is -0.121. The quantitative estimate of drug-likeness (QED) is 0.788. The molecule has 0 aromatic carbocycles. The van der Waals surface area contributed by atoms with Gasteiger partial charge in [0.05, 0.1) is 6.04 Å². The Balaban J connectivity index is 2.30. The van der Waals surface area contributed by atoms with Crippen LogP contribution in [-0.2, 0) is 4.79 Å². The van der Waals surface area contributed by atoms with Crippen molar-refractivity contribution in [1.82, 2.24) is 9.88 Å². The molecule has 16 heavy (non-hydrogen) atoms. The molecule has 1 aromatic heterocycles. The molecule has 2 rings (SSSR count). The molecule has 0 saturated carbocycles. The lowest BCUT2D eigenvalue weighted by atomic mass is 9.96. The number of carbonyl (C=O) groups excluding carboxylic acids is 1. The second kappa shape index (κ2) is 4.96. The van der Waals surface area contributed by atoms with Gasteiger partial charge in [-0.25, -0.2) is 4.98 Å². The SMILES string of the molecule is CNc1ncccc1[C@@H]1CCCCN1C=O. The normalized spacial score (nSPS) is 20.6. The van der Waals surface area contributed by atoms with Crippen molar-refractivity contribution in [3.8, 4) is 0 Å². The summed E-state index contributed by atoms with van der Waals surface area (Å²) in [6, 6.07) is 4.15. The summed E-state index contributed by atoms with van der Waals surface area (Å²) < 4.78 is 0. The van der Waals surface area contributed by atoms with E-state index in [1.807, 2.05) is 24.1 Å². The molecule has 1 amide bonds. The number of likely N-dealkylation sites (tertiary alicyclic amines) is 1. The zero-order valence-corrected chi connectivity index (χ0v) is 9.52. The summed E-state index contributed by atoms with van der Waals surface area (Å²) in [6.07, 6.45) is 6.02. The van der Waals surface area contributed by atoms with Gasteiger partial charge in [-0.15, -0.1) is 0 Å². The highest BCUT2D eigenvalue weighted by atomic mass is 16.1. The molecule has 0 bridgehead atoms. The Hall–Kier alpha value is -1.58. The highest BCUT2D eigenvalue weighted by molar-refractivity contribution is 5.52. The topological polar surface area (TPSA) is 45.2 Å². The molecule has 1 atom stereocenters. The smallest absolute Gasteiger partial charge is 0.210 e. The van der Waals surface area contributed by atoms with E-state index in [-0.39, 0.29) is 6.04 Å². The minimum Gasteiger partial charge on any atom is -0.373 e. The minimum atomic E-state index is 0.183. The van der Waals surface area contributed by atoms with Crippen molar-refractivity contribution in [2.24, 2.45) is 0 Å². The standard InChI is InChI=1S/C12H17N3O/c1-13-12-10(5-4-7-14-12)11-6-2-3-8-15(11)9-16/h4-5,7,9,11H,2-3,6,8H2,1H3,(H,13,14)/t11-/m0/s1. The molecule has 1 saturated heterocycles. The third-order valence-electron chi connectivity index (χ3n) is 3.11. The second-order valence-corrected chi connectivity index (χ2v) is 4.05. The number of amides is 1. The first-order valence-electron chi connectivity index (χ1n) is 5.70. The average molecular weight is 219 g/mol. The third kappa shape index (κ3) is 2.01. The molecule has 1 aromatic rings. The number of nitrogens with one attached hydrogen (secondary N) is 1. The van der Waals surface area contributed by atoms with Gasteiger partial charge in [0, 0.05) is 25.4 Å². The van der Waals surface area contributed by atoms with Crippen LogP contribution in [0.5, 0.6) is 0 Å². The Morgan fingerprint density at radius 2 is 2.44 bits per heavy atom. The van der Waals surface area contributed by atoms with Gasteiger partial charge in [-0.05, 0) is 25.3 Å². The van der Waals surface area contributed by atoms with Crippen LogP contribution in [0, 0.1) is 0 Å². The molecule has 1 N–H and O–H groups in total. The summed E-state index contributed by atoms with van der Waals surface area (Å²) in [5, 5.41) is 3.08. The fraction of sp³-hybridized carbons (Fsp3) is 0.500. The molecule has 4 nitrogen and oxygen atoms in total. The summed E-state index contributed by atoms with van der Waals surface area (Å²) >= 11 is 0. The first-order valence-corrected chi connectivity index (χ1v) is 5.70. The zero-order valence-electron chi connectivity index (χ0n) is 9.52. The Morgan fingerprint density at radius 1 is 1.56 bits per heavy atom. The lowest BCUT2D eigenvalue weighted by Gasteiger charge is -2.33. The number of hydrogen-bond donors (Lipinski definition) is 1. The summed E-state index contributed by atoms with van der Waals surface area (Å²) in [7, 11) is 1.86. The maximum Gasteiger partial charge on any atom is 0.210 e. The second-order valence-electron chi connectivity index (χ2n) is 4.05. The summed E-state index contributed by atoms with van der Waals surface area (Å²) in [5.74, 6) is 0.876. The monoisotopic (exact) mass is 219 g/mol. The Morgan fingerprint density at radius 3 is 3.19 bits per heavy atom. The molecule has 1 aliphatic heterocycles. The van der Waals surface area contributed by atoms with Crippen molar-refractivity contribution in [3.63, 3.8) is 0 Å². The molecule has 4 heteroatoms. The van der Waals surface area contributed by atoms with Crippen LogP contribution in [-0.4, -0.2) is 29.9 Å². The fourth-order valence-corrected chi connectivity index (χ4v) is 2.31. The highest BCUT2D eigenvalue weighted by Gasteiger charge is 2.24. The van der Waals surface area contributed by atoms with Crippen LogP contribution in [0.4, 0.5) is 5.82 Å². The number of rotatable bonds is 3. The molecule has 86 valence electrons. The number of carbonyl (C=O) groups is 1. The number of anilines is 1. The fourth-order valence-electron chi connectivity index (χ4n) is 2.31. The van der Waals surface area contributed by atoms with E-state index in [1.165, 1.54) is 6.42 Å². The van der Waals surface area contributed by atoms with Gasteiger partial charge < -0.3 is 10.2 Å². The largest absolute Gasteiger partial charge is 0.373 e. The third-order valence-corrected chi connectivity index (χ3v) is 3.11. The van der Waals surface area contributed by atoms with E-state index < -0.39 is 0 Å². The highest BCUT2D eigenvalue weighted by Crippen LogP contribution is 2.32. The van der Waals surface area contributed by atoms with Crippen LogP contribution in [0.1, 0.15) is 30.9 Å². The van der Waals surface area contributed by atoms with Gasteiger partial charge in [-0.1, -0.05) is 6.07 Å². The summed E-state index contributed by atoms with van der Waals surface area (Å²) in [4.78, 5) is 17.2. The first-order chi connectivity index (χ1) is 7.86. The van der Waals surface area contributed by atoms with Gasteiger partial charge in [-0.3, -0.25) is 4.79 Å². The lowest BCUT2D eigenvalue weighted by Crippen LogP contribution is -2.32. The van der Waals surface area contributed by atoms with Crippen molar-refractivity contribution in [2.75, 3.05) is 18.9 Å². The number of pyridine rings is 1. The molecule has 0 unspecified atom stereocenters. The van der Waals surface area contributed by atoms with E-state index in [0.29, 0.717) is 0 Å². The van der Waals surface area contributed by atoms with Crippen molar-refractivity contribution < 1.29 is 4.79 Å². The maximum atomic E-state index is 11.0. The number of aromatic nitrogens is 1. The molecular weight excluding hydrogens is 202 g/mol. The van der Waals surface area contributed by atoms with Crippen molar-refractivity contribution in [1.29, 1.82) is 0 Å². The van der Waals surface area contributed by atoms with E-state index in [0.717, 1.165) is 37.2 Å². The van der Waals surface area contributed by atoms with Crippen LogP contribution < -0.4 is 5.32 Å². The summed E-state index contributed by atoms with van der Waals surface area (Å²) in [5.41, 5.74) is 1.12. The molecule has 0 spiro atoms. The van der Waals surface area contributed by atoms with E-state index in [1.54, 1.807) is 6.20 Å². The average Bonchev–Trinajstić information content (AvgIpc) is 2.38. The molecule has 0 radical (unpaired) electrons. The molecular formula is C12H17N3O. The zero-order chi connectivity index (χ0) is 11.4. The van der Waals surface area contributed by atoms with Crippen molar-refractivity contribution in [3.05, 3.63) is 23.9 Å². The van der Waals surface area contributed by atoms with E-state index >= 15 is 0 Å². The van der Waals surface area contributed by atoms with Gasteiger partial charge >= 0.3 is 0 Å². The van der Waals surface area contributed by atoms with Gasteiger partial charge in [0.1, 0.15) is 5.82 Å². The van der Waals surface area contributed by atoms with E-state index in [9.17, 15) is 4.79 Å².